The second kappa shape index (κ2) is 6.65. The topological polar surface area (TPSA) is 37.4 Å². The molecule has 0 aliphatic carbocycles. The Morgan fingerprint density at radius 3 is 2.30 bits per heavy atom. The van der Waals surface area contributed by atoms with Crippen molar-refractivity contribution < 1.29 is 8.42 Å². The summed E-state index contributed by atoms with van der Waals surface area (Å²) in [6, 6.07) is 3.26. The van der Waals surface area contributed by atoms with E-state index in [1.165, 1.54) is 6.07 Å². The van der Waals surface area contributed by atoms with Crippen molar-refractivity contribution in [2.75, 3.05) is 13.1 Å². The number of hydrogen-bond acceptors (Lipinski definition) is 2. The predicted octanol–water partition coefficient (Wildman–Crippen LogP) is 3.95. The van der Waals surface area contributed by atoms with Crippen LogP contribution in [0.3, 0.4) is 0 Å². The largest absolute Gasteiger partial charge is 0.243 e. The second-order valence-corrected chi connectivity index (χ2v) is 7.75. The number of nitrogens with zero attached hydrogens (tertiary/aromatic N) is 1. The van der Waals surface area contributed by atoms with Gasteiger partial charge in [0.2, 0.25) is 10.0 Å². The minimum Gasteiger partial charge on any atom is -0.207 e. The van der Waals surface area contributed by atoms with Crippen LogP contribution in [-0.2, 0) is 15.9 Å². The van der Waals surface area contributed by atoms with E-state index in [0.29, 0.717) is 28.6 Å². The molecule has 0 unspecified atom stereocenters. The zero-order chi connectivity index (χ0) is 14.8. The Morgan fingerprint density at radius 1 is 1.15 bits per heavy atom. The van der Waals surface area contributed by atoms with Gasteiger partial charge < -0.3 is 0 Å². The molecule has 0 radical (unpaired) electrons. The van der Waals surface area contributed by atoms with Crippen LogP contribution in [0, 0.1) is 6.92 Å². The van der Waals surface area contributed by atoms with E-state index in [0.717, 1.165) is 31.2 Å². The fourth-order valence-corrected chi connectivity index (χ4v) is 4.93. The first-order valence-corrected chi connectivity index (χ1v) is 9.17. The molecule has 1 saturated heterocycles. The van der Waals surface area contributed by atoms with Crippen molar-refractivity contribution in [3.05, 3.63) is 28.3 Å². The molecule has 0 bridgehead atoms. The summed E-state index contributed by atoms with van der Waals surface area (Å²) in [6.07, 6.45) is 4.02. The van der Waals surface area contributed by atoms with Crippen molar-refractivity contribution in [2.45, 2.75) is 43.4 Å². The lowest BCUT2D eigenvalue weighted by atomic mass is 10.1. The quantitative estimate of drug-likeness (QED) is 0.784. The monoisotopic (exact) mass is 335 g/mol. The van der Waals surface area contributed by atoms with Gasteiger partial charge in [-0.2, -0.15) is 4.31 Å². The molecular formula is C14H19Cl2NO2S. The smallest absolute Gasteiger partial charge is 0.207 e. The van der Waals surface area contributed by atoms with Crippen LogP contribution < -0.4 is 0 Å². The van der Waals surface area contributed by atoms with Gasteiger partial charge in [-0.05, 0) is 43.0 Å². The van der Waals surface area contributed by atoms with Crippen molar-refractivity contribution in [3.63, 3.8) is 0 Å². The summed E-state index contributed by atoms with van der Waals surface area (Å²) in [4.78, 5) is 0.294. The third-order valence-corrected chi connectivity index (χ3v) is 6.29. The van der Waals surface area contributed by atoms with E-state index in [2.05, 4.69) is 0 Å². The highest BCUT2D eigenvalue weighted by Crippen LogP contribution is 2.29. The number of halogens is 2. The molecule has 0 atom stereocenters. The summed E-state index contributed by atoms with van der Waals surface area (Å²) in [5.74, 6) is 0.259. The second-order valence-electron chi connectivity index (χ2n) is 5.14. The van der Waals surface area contributed by atoms with Crippen LogP contribution in [0.15, 0.2) is 17.0 Å². The van der Waals surface area contributed by atoms with Crippen LogP contribution in [-0.4, -0.2) is 25.8 Å². The van der Waals surface area contributed by atoms with E-state index in [1.807, 2.05) is 0 Å². The minimum absolute atomic E-state index is 0.259. The highest BCUT2D eigenvalue weighted by Gasteiger charge is 2.27. The average Bonchev–Trinajstić information content (AvgIpc) is 2.70. The van der Waals surface area contributed by atoms with Crippen LogP contribution in [0.5, 0.6) is 0 Å². The standard InChI is InChI=1S/C14H19Cl2NO2S/c1-11-12(10-15)8-13(16)9-14(11)20(18,19)17-6-4-2-3-5-7-17/h8-9H,2-7,10H2,1H3. The van der Waals surface area contributed by atoms with Gasteiger partial charge in [0.05, 0.1) is 4.90 Å². The lowest BCUT2D eigenvalue weighted by Gasteiger charge is -2.22. The molecule has 0 saturated carbocycles. The maximum atomic E-state index is 12.8. The summed E-state index contributed by atoms with van der Waals surface area (Å²) < 4.78 is 27.2. The highest BCUT2D eigenvalue weighted by molar-refractivity contribution is 7.89. The Bertz CT molecular complexity index is 579. The van der Waals surface area contributed by atoms with Crippen LogP contribution in [0.2, 0.25) is 5.02 Å². The fraction of sp³-hybridized carbons (Fsp3) is 0.571. The van der Waals surface area contributed by atoms with Gasteiger partial charge in [-0.25, -0.2) is 8.42 Å². The van der Waals surface area contributed by atoms with Gasteiger partial charge in [-0.1, -0.05) is 24.4 Å². The van der Waals surface area contributed by atoms with Crippen molar-refractivity contribution >= 4 is 33.2 Å². The first-order valence-electron chi connectivity index (χ1n) is 6.82. The molecule has 1 aliphatic rings. The number of benzene rings is 1. The highest BCUT2D eigenvalue weighted by atomic mass is 35.5. The average molecular weight is 336 g/mol. The normalized spacial score (nSPS) is 17.9. The number of sulfonamides is 1. The van der Waals surface area contributed by atoms with Crippen molar-refractivity contribution in [2.24, 2.45) is 0 Å². The molecule has 0 spiro atoms. The van der Waals surface area contributed by atoms with Gasteiger partial charge in [0.15, 0.2) is 0 Å². The summed E-state index contributed by atoms with van der Waals surface area (Å²) in [7, 11) is -3.48. The van der Waals surface area contributed by atoms with E-state index in [9.17, 15) is 8.42 Å². The molecule has 112 valence electrons. The molecule has 0 aromatic heterocycles. The molecular weight excluding hydrogens is 317 g/mol. The SMILES string of the molecule is Cc1c(CCl)cc(Cl)cc1S(=O)(=O)N1CCCCCC1. The molecule has 1 aromatic rings. The lowest BCUT2D eigenvalue weighted by molar-refractivity contribution is 0.423. The zero-order valence-corrected chi connectivity index (χ0v) is 13.9. The maximum Gasteiger partial charge on any atom is 0.243 e. The molecule has 0 N–H and O–H groups in total. The van der Waals surface area contributed by atoms with E-state index < -0.39 is 10.0 Å². The van der Waals surface area contributed by atoms with Crippen LogP contribution in [0.4, 0.5) is 0 Å². The Balaban J connectivity index is 2.45. The number of hydrogen-bond donors (Lipinski definition) is 0. The van der Waals surface area contributed by atoms with Gasteiger partial charge in [0.1, 0.15) is 0 Å². The zero-order valence-electron chi connectivity index (χ0n) is 11.5. The summed E-state index contributed by atoms with van der Waals surface area (Å²) in [6.45, 7) is 2.97. The Morgan fingerprint density at radius 2 is 1.75 bits per heavy atom. The minimum atomic E-state index is -3.48. The maximum absolute atomic E-state index is 12.8. The number of rotatable bonds is 3. The predicted molar refractivity (Wildman–Crippen MR) is 83.0 cm³/mol. The first-order chi connectivity index (χ1) is 9.46. The Hall–Kier alpha value is -0.290. The molecule has 1 aromatic carbocycles. The summed E-state index contributed by atoms with van der Waals surface area (Å²) in [5, 5.41) is 0.416. The van der Waals surface area contributed by atoms with Crippen LogP contribution in [0.1, 0.15) is 36.8 Å². The molecule has 0 amide bonds. The summed E-state index contributed by atoms with van der Waals surface area (Å²) in [5.41, 5.74) is 1.47. The molecule has 3 nitrogen and oxygen atoms in total. The van der Waals surface area contributed by atoms with Crippen molar-refractivity contribution in [1.29, 1.82) is 0 Å². The Labute approximate surface area is 130 Å². The molecule has 1 fully saturated rings. The third-order valence-electron chi connectivity index (χ3n) is 3.76. The van der Waals surface area contributed by atoms with Crippen molar-refractivity contribution in [1.82, 2.24) is 4.31 Å². The van der Waals surface area contributed by atoms with E-state index in [-0.39, 0.29) is 5.88 Å². The molecule has 20 heavy (non-hydrogen) atoms. The fourth-order valence-electron chi connectivity index (χ4n) is 2.54. The van der Waals surface area contributed by atoms with E-state index in [1.54, 1.807) is 17.3 Å². The third kappa shape index (κ3) is 3.30. The van der Waals surface area contributed by atoms with Crippen LogP contribution in [0.25, 0.3) is 0 Å². The van der Waals surface area contributed by atoms with Crippen LogP contribution >= 0.6 is 23.2 Å². The van der Waals surface area contributed by atoms with Gasteiger partial charge in [-0.15, -0.1) is 11.6 Å². The van der Waals surface area contributed by atoms with Gasteiger partial charge in [-0.3, -0.25) is 0 Å². The molecule has 1 heterocycles. The molecule has 6 heteroatoms. The van der Waals surface area contributed by atoms with Gasteiger partial charge in [0.25, 0.3) is 0 Å². The van der Waals surface area contributed by atoms with E-state index in [4.69, 9.17) is 23.2 Å². The first kappa shape index (κ1) is 16.1. The van der Waals surface area contributed by atoms with Gasteiger partial charge >= 0.3 is 0 Å². The molecule has 2 rings (SSSR count). The van der Waals surface area contributed by atoms with E-state index >= 15 is 0 Å². The van der Waals surface area contributed by atoms with Gasteiger partial charge in [0, 0.05) is 24.0 Å². The number of alkyl halides is 1. The van der Waals surface area contributed by atoms with Crippen molar-refractivity contribution in [3.8, 4) is 0 Å². The molecule has 1 aliphatic heterocycles. The summed E-state index contributed by atoms with van der Waals surface area (Å²) >= 11 is 11.9. The lowest BCUT2D eigenvalue weighted by Crippen LogP contribution is -2.32. The Kier molecular flexibility index (Phi) is 5.35.